The van der Waals surface area contributed by atoms with Gasteiger partial charge in [0.2, 0.25) is 5.91 Å². The van der Waals surface area contributed by atoms with Crippen molar-refractivity contribution >= 4 is 28.9 Å². The van der Waals surface area contributed by atoms with E-state index in [9.17, 15) is 24.6 Å². The summed E-state index contributed by atoms with van der Waals surface area (Å²) in [5, 5.41) is 27.8. The molecule has 0 saturated carbocycles. The number of para-hydroxylation sites is 1. The van der Waals surface area contributed by atoms with E-state index in [0.29, 0.717) is 32.5 Å². The first kappa shape index (κ1) is 42.2. The van der Waals surface area contributed by atoms with Gasteiger partial charge in [0.05, 0.1) is 17.7 Å². The molecule has 10 heteroatoms. The van der Waals surface area contributed by atoms with Crippen molar-refractivity contribution in [2.75, 3.05) is 19.6 Å². The molecule has 2 aliphatic rings. The Morgan fingerprint density at radius 1 is 0.790 bits per heavy atom. The van der Waals surface area contributed by atoms with Gasteiger partial charge < -0.3 is 30.2 Å². The lowest BCUT2D eigenvalue weighted by atomic mass is 9.90. The van der Waals surface area contributed by atoms with Crippen LogP contribution in [-0.2, 0) is 24.2 Å². The van der Waals surface area contributed by atoms with Gasteiger partial charge in [-0.1, -0.05) is 148 Å². The van der Waals surface area contributed by atoms with Gasteiger partial charge in [0.25, 0.3) is 0 Å². The van der Waals surface area contributed by atoms with Gasteiger partial charge in [0.15, 0.2) is 0 Å². The molecule has 0 unspecified atom stereocenters. The lowest BCUT2D eigenvalue weighted by molar-refractivity contribution is -0.128. The number of aliphatic hydroxyl groups excluding tert-OH is 1. The monoisotopic (exact) mass is 829 g/mol. The third-order valence-corrected chi connectivity index (χ3v) is 12.9. The third-order valence-electron chi connectivity index (χ3n) is 12.9. The smallest absolute Gasteiger partial charge is 0.407 e. The van der Waals surface area contributed by atoms with Crippen LogP contribution < -0.4 is 5.32 Å². The molecule has 8 rings (SSSR count). The van der Waals surface area contributed by atoms with Crippen LogP contribution in [0.2, 0.25) is 0 Å². The summed E-state index contributed by atoms with van der Waals surface area (Å²) in [6, 6.07) is 43.2. The quantitative estimate of drug-likeness (QED) is 0.0845. The van der Waals surface area contributed by atoms with Gasteiger partial charge in [-0.15, -0.1) is 0 Å². The number of amides is 4. The topological polar surface area (TPSA) is 126 Å². The number of nitrogens with zero attached hydrogens (tertiary/aromatic N) is 4. The van der Waals surface area contributed by atoms with Gasteiger partial charge >= 0.3 is 12.1 Å². The molecule has 10 nitrogen and oxygen atoms in total. The number of hydrogen-bond donors (Lipinski definition) is 3. The number of rotatable bonds is 17. The van der Waals surface area contributed by atoms with Crippen molar-refractivity contribution in [3.8, 4) is 11.1 Å². The molecule has 3 N–H and O–H groups in total. The molecule has 0 radical (unpaired) electrons. The normalized spacial score (nSPS) is 16.0. The van der Waals surface area contributed by atoms with Crippen molar-refractivity contribution in [3.05, 3.63) is 174 Å². The average molecular weight is 830 g/mol. The molecule has 6 aromatic rings. The van der Waals surface area contributed by atoms with Crippen LogP contribution in [0.5, 0.6) is 0 Å². The van der Waals surface area contributed by atoms with Gasteiger partial charge in [-0.2, -0.15) is 0 Å². The van der Waals surface area contributed by atoms with Gasteiger partial charge in [-0.3, -0.25) is 9.78 Å². The Kier molecular flexibility index (Phi) is 12.9. The van der Waals surface area contributed by atoms with E-state index in [4.69, 9.17) is 0 Å². The summed E-state index contributed by atoms with van der Waals surface area (Å²) in [4.78, 5) is 51.8. The summed E-state index contributed by atoms with van der Waals surface area (Å²) in [5.41, 5.74) is 8.01. The number of pyridine rings is 1. The fourth-order valence-corrected chi connectivity index (χ4v) is 9.58. The van der Waals surface area contributed by atoms with Crippen LogP contribution >= 0.6 is 0 Å². The Morgan fingerprint density at radius 2 is 1.39 bits per heavy atom. The summed E-state index contributed by atoms with van der Waals surface area (Å²) >= 11 is 0. The van der Waals surface area contributed by atoms with Crippen molar-refractivity contribution < 1.29 is 24.6 Å². The summed E-state index contributed by atoms with van der Waals surface area (Å²) in [5.74, 6) is -0.672. The van der Waals surface area contributed by atoms with Crippen LogP contribution in [-0.4, -0.2) is 91.8 Å². The standard InChI is InChI=1S/C52H55N5O5/c1-3-35(2)49(56-29-28-55(51(56)60)33-38-26-27-53-46-25-15-14-20-40(38)46)50(59)54-39(30-36-16-6-4-7-17-36)32-48(58)47(31-37-18-8-5-9-19-37)57(52(61)62)34-45-43-23-12-10-21-41(43)42-22-11-13-24-44(42)45/h4-27,35,39,45,47-49,58H,3,28-34H2,1-2H3,(H,54,59)(H,61,62)/t35-,39-,47-,48-,49-/m0/s1. The molecule has 62 heavy (non-hydrogen) atoms. The number of hydrogen-bond acceptors (Lipinski definition) is 5. The second-order valence-electron chi connectivity index (χ2n) is 16.8. The van der Waals surface area contributed by atoms with E-state index < -0.39 is 30.3 Å². The number of carbonyl (C=O) groups excluding carboxylic acids is 2. The van der Waals surface area contributed by atoms with E-state index in [1.54, 1.807) is 16.0 Å². The molecule has 5 aromatic carbocycles. The van der Waals surface area contributed by atoms with E-state index in [1.807, 2.05) is 129 Å². The van der Waals surface area contributed by atoms with Gasteiger partial charge in [0, 0.05) is 49.7 Å². The number of aromatic nitrogens is 1. The van der Waals surface area contributed by atoms with E-state index in [0.717, 1.165) is 49.8 Å². The van der Waals surface area contributed by atoms with Crippen molar-refractivity contribution in [1.82, 2.24) is 25.0 Å². The first-order valence-corrected chi connectivity index (χ1v) is 21.8. The summed E-state index contributed by atoms with van der Waals surface area (Å²) in [6.45, 7) is 5.44. The SMILES string of the molecule is CC[C@H](C)[C@@H](C(=O)N[C@@H](Cc1ccccc1)C[C@H](O)[C@H](Cc1ccccc1)N(CC1c2ccccc2-c2ccccc21)C(=O)O)N1CCN(Cc2ccnc3ccccc23)C1=O. The molecular weight excluding hydrogens is 775 g/mol. The van der Waals surface area contributed by atoms with Crippen LogP contribution in [0.3, 0.4) is 0 Å². The molecule has 1 aromatic heterocycles. The maximum atomic E-state index is 14.7. The Balaban J connectivity index is 1.06. The molecule has 1 aliphatic carbocycles. The molecule has 318 valence electrons. The number of carboxylic acid groups (broad SMARTS) is 1. The molecule has 2 heterocycles. The second-order valence-corrected chi connectivity index (χ2v) is 16.8. The van der Waals surface area contributed by atoms with Crippen molar-refractivity contribution in [2.45, 2.75) is 76.2 Å². The highest BCUT2D eigenvalue weighted by atomic mass is 16.4. The molecule has 5 atom stereocenters. The predicted molar refractivity (Wildman–Crippen MR) is 243 cm³/mol. The first-order valence-electron chi connectivity index (χ1n) is 21.8. The highest BCUT2D eigenvalue weighted by Gasteiger charge is 2.42. The maximum absolute atomic E-state index is 14.7. The van der Waals surface area contributed by atoms with Crippen molar-refractivity contribution in [2.24, 2.45) is 5.92 Å². The lowest BCUT2D eigenvalue weighted by Gasteiger charge is -2.37. The van der Waals surface area contributed by atoms with E-state index in [1.165, 1.54) is 4.90 Å². The fourth-order valence-electron chi connectivity index (χ4n) is 9.58. The van der Waals surface area contributed by atoms with Gasteiger partial charge in [-0.05, 0) is 76.3 Å². The average Bonchev–Trinajstić information content (AvgIpc) is 3.81. The number of nitrogens with one attached hydrogen (secondary N) is 1. The Hall–Kier alpha value is -6.52. The maximum Gasteiger partial charge on any atom is 0.407 e. The van der Waals surface area contributed by atoms with Crippen LogP contribution in [0.15, 0.2) is 146 Å². The van der Waals surface area contributed by atoms with Crippen molar-refractivity contribution in [1.29, 1.82) is 0 Å². The Labute approximate surface area is 363 Å². The largest absolute Gasteiger partial charge is 0.465 e. The van der Waals surface area contributed by atoms with Gasteiger partial charge in [-0.25, -0.2) is 9.59 Å². The molecule has 0 spiro atoms. The zero-order valence-electron chi connectivity index (χ0n) is 35.4. The van der Waals surface area contributed by atoms with Crippen LogP contribution in [0, 0.1) is 5.92 Å². The van der Waals surface area contributed by atoms with Gasteiger partial charge in [0.1, 0.15) is 6.04 Å². The van der Waals surface area contributed by atoms with E-state index in [2.05, 4.69) is 34.6 Å². The number of benzene rings is 5. The number of carbonyl (C=O) groups is 3. The van der Waals surface area contributed by atoms with Crippen molar-refractivity contribution in [3.63, 3.8) is 0 Å². The predicted octanol–water partition coefficient (Wildman–Crippen LogP) is 8.77. The third kappa shape index (κ3) is 9.06. The highest BCUT2D eigenvalue weighted by Crippen LogP contribution is 2.45. The molecule has 0 bridgehead atoms. The zero-order chi connectivity index (χ0) is 43.2. The Morgan fingerprint density at radius 3 is 2.03 bits per heavy atom. The molecule has 1 aliphatic heterocycles. The van der Waals surface area contributed by atoms with Crippen LogP contribution in [0.25, 0.3) is 22.0 Å². The molecule has 1 fully saturated rings. The highest BCUT2D eigenvalue weighted by molar-refractivity contribution is 5.89. The number of fused-ring (bicyclic) bond motifs is 4. The summed E-state index contributed by atoms with van der Waals surface area (Å²) < 4.78 is 0. The number of urea groups is 1. The minimum absolute atomic E-state index is 0.0855. The second kappa shape index (κ2) is 19.0. The zero-order valence-corrected chi connectivity index (χ0v) is 35.4. The summed E-state index contributed by atoms with van der Waals surface area (Å²) in [6.07, 6.45) is 0.916. The van der Waals surface area contributed by atoms with Crippen LogP contribution in [0.1, 0.15) is 60.4 Å². The molecule has 4 amide bonds. The minimum atomic E-state index is -1.16. The minimum Gasteiger partial charge on any atom is -0.465 e. The fraction of sp³-hybridized carbons (Fsp3) is 0.308. The van der Waals surface area contributed by atoms with Crippen LogP contribution in [0.4, 0.5) is 9.59 Å². The first-order chi connectivity index (χ1) is 30.2. The van der Waals surface area contributed by atoms with E-state index >= 15 is 0 Å². The number of aliphatic hydroxyl groups is 1. The molecular formula is C52H55N5O5. The Bertz CT molecular complexity index is 2450. The summed E-state index contributed by atoms with van der Waals surface area (Å²) in [7, 11) is 0. The van der Waals surface area contributed by atoms with E-state index in [-0.39, 0.29) is 43.2 Å². The molecule has 1 saturated heterocycles. The lowest BCUT2D eigenvalue weighted by Crippen LogP contribution is -2.56.